The summed E-state index contributed by atoms with van der Waals surface area (Å²) >= 11 is 0. The number of aryl methyl sites for hydroxylation is 2. The molecule has 1 amide bonds. The average molecular weight is 700 g/mol. The van der Waals surface area contributed by atoms with Crippen molar-refractivity contribution in [1.82, 2.24) is 24.6 Å². The van der Waals surface area contributed by atoms with Crippen molar-refractivity contribution in [2.45, 2.75) is 64.6 Å². The topological polar surface area (TPSA) is 98.1 Å². The van der Waals surface area contributed by atoms with Gasteiger partial charge in [0.25, 0.3) is 0 Å². The number of halogens is 6. The highest BCUT2D eigenvalue weighted by Gasteiger charge is 2.44. The number of amides is 1. The average Bonchev–Trinajstić information content (AvgIpc) is 3.36. The zero-order chi connectivity index (χ0) is 35.5. The minimum atomic E-state index is -5.02. The van der Waals surface area contributed by atoms with E-state index in [0.717, 1.165) is 13.1 Å². The molecule has 0 spiro atoms. The maximum absolute atomic E-state index is 13.9. The third kappa shape index (κ3) is 8.20. The lowest BCUT2D eigenvalue weighted by Crippen LogP contribution is -2.48. The van der Waals surface area contributed by atoms with E-state index >= 15 is 0 Å². The molecule has 2 aliphatic heterocycles. The Morgan fingerprint density at radius 3 is 2.22 bits per heavy atom. The molecule has 5 rings (SSSR count). The van der Waals surface area contributed by atoms with Crippen LogP contribution in [0.15, 0.2) is 30.6 Å². The molecule has 17 heteroatoms. The molecule has 1 saturated heterocycles. The highest BCUT2D eigenvalue weighted by molar-refractivity contribution is 5.89. The van der Waals surface area contributed by atoms with E-state index in [1.807, 2.05) is 6.92 Å². The van der Waals surface area contributed by atoms with E-state index in [-0.39, 0.29) is 30.6 Å². The van der Waals surface area contributed by atoms with Crippen LogP contribution in [0.3, 0.4) is 0 Å². The Balaban J connectivity index is 1.56. The highest BCUT2D eigenvalue weighted by Crippen LogP contribution is 2.45. The molecule has 2 atom stereocenters. The van der Waals surface area contributed by atoms with Crippen molar-refractivity contribution >= 4 is 17.9 Å². The van der Waals surface area contributed by atoms with Gasteiger partial charge in [0, 0.05) is 44.8 Å². The van der Waals surface area contributed by atoms with Gasteiger partial charge in [-0.25, -0.2) is 14.8 Å². The number of anilines is 2. The van der Waals surface area contributed by atoms with Gasteiger partial charge in [-0.1, -0.05) is 6.92 Å². The summed E-state index contributed by atoms with van der Waals surface area (Å²) in [5, 5.41) is 4.54. The highest BCUT2D eigenvalue weighted by atomic mass is 19.4. The van der Waals surface area contributed by atoms with Gasteiger partial charge in [-0.3, -0.25) is 14.5 Å². The van der Waals surface area contributed by atoms with Crippen molar-refractivity contribution in [2.24, 2.45) is 7.05 Å². The lowest BCUT2D eigenvalue weighted by atomic mass is 9.90. The van der Waals surface area contributed by atoms with Crippen LogP contribution < -0.4 is 14.5 Å². The maximum Gasteiger partial charge on any atom is 0.416 e. The summed E-state index contributed by atoms with van der Waals surface area (Å²) in [5.41, 5.74) is -2.04. The molecule has 1 aromatic carbocycles. The number of benzene rings is 1. The molecule has 268 valence electrons. The van der Waals surface area contributed by atoms with Crippen molar-refractivity contribution in [3.8, 4) is 5.75 Å². The number of hydrogen-bond donors (Lipinski definition) is 0. The molecule has 2 aromatic heterocycles. The van der Waals surface area contributed by atoms with Gasteiger partial charge in [0.15, 0.2) is 5.75 Å². The van der Waals surface area contributed by atoms with E-state index in [0.29, 0.717) is 67.7 Å². The molecule has 11 nitrogen and oxygen atoms in total. The van der Waals surface area contributed by atoms with Gasteiger partial charge in [0.1, 0.15) is 12.4 Å². The van der Waals surface area contributed by atoms with Crippen molar-refractivity contribution in [2.75, 3.05) is 55.9 Å². The minimum Gasteiger partial charge on any atom is -0.489 e. The molecule has 0 aliphatic carbocycles. The fraction of sp³-hybridized carbons (Fsp3) is 0.562. The molecule has 0 radical (unpaired) electrons. The zero-order valence-corrected chi connectivity index (χ0v) is 27.6. The minimum absolute atomic E-state index is 0.0464. The van der Waals surface area contributed by atoms with Gasteiger partial charge >= 0.3 is 18.4 Å². The molecule has 3 aromatic rings. The third-order valence-electron chi connectivity index (χ3n) is 8.62. The van der Waals surface area contributed by atoms with Crippen molar-refractivity contribution < 1.29 is 45.3 Å². The van der Waals surface area contributed by atoms with Crippen LogP contribution in [-0.4, -0.2) is 82.8 Å². The van der Waals surface area contributed by atoms with E-state index in [9.17, 15) is 31.1 Å². The summed E-state index contributed by atoms with van der Waals surface area (Å²) < 4.78 is 101. The van der Waals surface area contributed by atoms with E-state index in [2.05, 4.69) is 20.0 Å². The molecule has 4 heterocycles. The van der Waals surface area contributed by atoms with Gasteiger partial charge < -0.3 is 19.1 Å². The first kappa shape index (κ1) is 36.2. The van der Waals surface area contributed by atoms with Gasteiger partial charge in [-0.2, -0.15) is 31.4 Å². The Labute approximate surface area is 279 Å². The molecule has 2 aliphatic rings. The van der Waals surface area contributed by atoms with E-state index in [1.165, 1.54) is 22.0 Å². The number of rotatable bonds is 10. The Morgan fingerprint density at radius 1 is 1.02 bits per heavy atom. The lowest BCUT2D eigenvalue weighted by molar-refractivity contribution is -0.143. The summed E-state index contributed by atoms with van der Waals surface area (Å²) in [6, 6.07) is 0.350. The second-order valence-corrected chi connectivity index (χ2v) is 11.9. The Morgan fingerprint density at radius 2 is 1.65 bits per heavy atom. The number of carbonyl (C=O) groups excluding carboxylic acids is 1. The molecular formula is C32H39F6N7O4. The second kappa shape index (κ2) is 14.8. The SMILES string of the molecule is CCOC(=O)N1c2c(c(C)nn2C)C(N(Cc2cc(C(F)(F)F)cc(C(F)(F)F)c2)c2ncc(OCCN3CCOCC3)cn2)CC1CC. The van der Waals surface area contributed by atoms with Crippen LogP contribution in [0.5, 0.6) is 5.75 Å². The monoisotopic (exact) mass is 699 g/mol. The predicted molar refractivity (Wildman–Crippen MR) is 166 cm³/mol. The Kier molecular flexibility index (Phi) is 10.9. The lowest BCUT2D eigenvalue weighted by Gasteiger charge is -2.42. The Bertz CT molecular complexity index is 1560. The summed E-state index contributed by atoms with van der Waals surface area (Å²) in [5.74, 6) is 0.800. The summed E-state index contributed by atoms with van der Waals surface area (Å²) in [4.78, 5) is 27.4. The van der Waals surface area contributed by atoms with Crippen molar-refractivity contribution in [3.63, 3.8) is 0 Å². The first-order chi connectivity index (χ1) is 23.2. The third-order valence-corrected chi connectivity index (χ3v) is 8.62. The van der Waals surface area contributed by atoms with Crippen LogP contribution in [0.1, 0.15) is 60.7 Å². The molecular weight excluding hydrogens is 660 g/mol. The van der Waals surface area contributed by atoms with E-state index in [4.69, 9.17) is 14.2 Å². The largest absolute Gasteiger partial charge is 0.489 e. The summed E-state index contributed by atoms with van der Waals surface area (Å²) in [6.07, 6.45) is -7.10. The van der Waals surface area contributed by atoms with Crippen LogP contribution >= 0.6 is 0 Å². The van der Waals surface area contributed by atoms with Gasteiger partial charge in [-0.05, 0) is 50.5 Å². The number of alkyl halides is 6. The quantitative estimate of drug-likeness (QED) is 0.231. The Hall–Kier alpha value is -4.12. The van der Waals surface area contributed by atoms with Gasteiger partial charge in [0.2, 0.25) is 5.95 Å². The summed E-state index contributed by atoms with van der Waals surface area (Å²) in [6.45, 7) is 8.81. The number of ether oxygens (including phenoxy) is 3. The van der Waals surface area contributed by atoms with Crippen LogP contribution in [0.2, 0.25) is 0 Å². The first-order valence-corrected chi connectivity index (χ1v) is 16.0. The molecule has 0 saturated carbocycles. The van der Waals surface area contributed by atoms with Crippen molar-refractivity contribution in [3.05, 3.63) is 58.5 Å². The standard InChI is InChI=1S/C32H39F6N7O4/c1-5-24-16-26(27-20(3)41-42(4)28(27)45(24)30(46)48-6-2)44(19-21-13-22(31(33,34)35)15-23(14-21)32(36,37)38)29-39-17-25(18-40-29)49-12-9-43-7-10-47-11-8-43/h13-15,17-18,24,26H,5-12,16,19H2,1-4H3. The fourth-order valence-electron chi connectivity index (χ4n) is 6.33. The van der Waals surface area contributed by atoms with Gasteiger partial charge in [-0.15, -0.1) is 0 Å². The van der Waals surface area contributed by atoms with Crippen LogP contribution in [0.4, 0.5) is 42.9 Å². The fourth-order valence-corrected chi connectivity index (χ4v) is 6.33. The van der Waals surface area contributed by atoms with Crippen LogP contribution in [-0.2, 0) is 35.4 Å². The van der Waals surface area contributed by atoms with E-state index in [1.54, 1.807) is 25.8 Å². The maximum atomic E-state index is 13.9. The number of morpholine rings is 1. The van der Waals surface area contributed by atoms with Crippen LogP contribution in [0, 0.1) is 6.92 Å². The number of carbonyl (C=O) groups is 1. The molecule has 0 bridgehead atoms. The second-order valence-electron chi connectivity index (χ2n) is 11.9. The zero-order valence-electron chi connectivity index (χ0n) is 27.6. The molecule has 2 unspecified atom stereocenters. The first-order valence-electron chi connectivity index (χ1n) is 16.0. The molecule has 0 N–H and O–H groups in total. The number of hydrogen-bond acceptors (Lipinski definition) is 9. The number of fused-ring (bicyclic) bond motifs is 1. The van der Waals surface area contributed by atoms with E-state index < -0.39 is 48.2 Å². The normalized spacial score (nSPS) is 18.7. The number of nitrogens with zero attached hydrogens (tertiary/aromatic N) is 7. The summed E-state index contributed by atoms with van der Waals surface area (Å²) in [7, 11) is 1.65. The van der Waals surface area contributed by atoms with Crippen LogP contribution in [0.25, 0.3) is 0 Å². The molecule has 49 heavy (non-hydrogen) atoms. The van der Waals surface area contributed by atoms with Gasteiger partial charge in [0.05, 0.1) is 55.1 Å². The smallest absolute Gasteiger partial charge is 0.416 e. The van der Waals surface area contributed by atoms with Crippen molar-refractivity contribution in [1.29, 1.82) is 0 Å². The molecule has 1 fully saturated rings. The predicted octanol–water partition coefficient (Wildman–Crippen LogP) is 6.16. The number of aromatic nitrogens is 4.